The molecule has 2 aromatic rings. The fraction of sp³-hybridized carbons (Fsp3) is 0.353. The summed E-state index contributed by atoms with van der Waals surface area (Å²) in [6, 6.07) is 6.97. The summed E-state index contributed by atoms with van der Waals surface area (Å²) in [4.78, 5) is 22.2. The van der Waals surface area contributed by atoms with Crippen molar-refractivity contribution in [3.05, 3.63) is 54.1 Å². The van der Waals surface area contributed by atoms with E-state index in [0.717, 1.165) is 6.07 Å². The van der Waals surface area contributed by atoms with Gasteiger partial charge in [0.15, 0.2) is 0 Å². The van der Waals surface area contributed by atoms with Crippen LogP contribution in [0.5, 0.6) is 0 Å². The minimum atomic E-state index is -3.50. The van der Waals surface area contributed by atoms with Gasteiger partial charge in [0, 0.05) is 50.7 Å². The molecule has 27 heavy (non-hydrogen) atoms. The lowest BCUT2D eigenvalue weighted by Gasteiger charge is -2.33. The molecule has 1 N–H and O–H groups in total. The summed E-state index contributed by atoms with van der Waals surface area (Å²) in [6.45, 7) is 1.62. The quantitative estimate of drug-likeness (QED) is 0.768. The highest BCUT2D eigenvalue weighted by Gasteiger charge is 2.27. The molecule has 0 atom stereocenters. The molecule has 0 aliphatic carbocycles. The zero-order valence-corrected chi connectivity index (χ0v) is 15.4. The number of aromatic nitrogens is 2. The van der Waals surface area contributed by atoms with Crippen molar-refractivity contribution < 1.29 is 17.6 Å². The number of carbonyl (C=O) groups is 1. The Morgan fingerprint density at radius 3 is 2.48 bits per heavy atom. The minimum Gasteiger partial charge on any atom is -0.351 e. The summed E-state index contributed by atoms with van der Waals surface area (Å²) in [5.74, 6) is -0.654. The van der Waals surface area contributed by atoms with Crippen LogP contribution in [-0.4, -0.2) is 67.1 Å². The molecule has 1 aliphatic heterocycles. The number of benzene rings is 1. The zero-order chi connectivity index (χ0) is 19.3. The molecule has 1 aromatic heterocycles. The van der Waals surface area contributed by atoms with Gasteiger partial charge in [0.25, 0.3) is 5.91 Å². The summed E-state index contributed by atoms with van der Waals surface area (Å²) in [7, 11) is -3.50. The molecule has 0 saturated carbocycles. The summed E-state index contributed by atoms with van der Waals surface area (Å²) in [5.41, 5.74) is 0.156. The van der Waals surface area contributed by atoms with Gasteiger partial charge in [-0.3, -0.25) is 4.79 Å². The molecule has 0 spiro atoms. The van der Waals surface area contributed by atoms with Crippen molar-refractivity contribution in [3.8, 4) is 0 Å². The fourth-order valence-electron chi connectivity index (χ4n) is 2.78. The molecule has 1 amide bonds. The predicted octanol–water partition coefficient (Wildman–Crippen LogP) is 0.498. The first-order chi connectivity index (χ1) is 13.0. The summed E-state index contributed by atoms with van der Waals surface area (Å²) < 4.78 is 39.5. The van der Waals surface area contributed by atoms with Crippen molar-refractivity contribution in [1.82, 2.24) is 19.6 Å². The number of halogens is 1. The van der Waals surface area contributed by atoms with E-state index >= 15 is 0 Å². The highest BCUT2D eigenvalue weighted by Crippen LogP contribution is 2.12. The Morgan fingerprint density at radius 2 is 1.81 bits per heavy atom. The third kappa shape index (κ3) is 4.98. The van der Waals surface area contributed by atoms with Crippen LogP contribution in [0.25, 0.3) is 0 Å². The fourth-order valence-corrected chi connectivity index (χ4v) is 4.11. The molecule has 1 saturated heterocycles. The SMILES string of the molecule is O=C(NCCS(=O)(=O)N1CCN(c2ncccn2)CC1)c1cccc(F)c1. The highest BCUT2D eigenvalue weighted by atomic mass is 32.2. The Bertz CT molecular complexity index is 886. The molecule has 3 rings (SSSR count). The number of amides is 1. The Hall–Kier alpha value is -2.59. The first kappa shape index (κ1) is 19.2. The van der Waals surface area contributed by atoms with E-state index in [0.29, 0.717) is 32.1 Å². The molecule has 0 radical (unpaired) electrons. The van der Waals surface area contributed by atoms with Gasteiger partial charge in [0.05, 0.1) is 5.75 Å². The maximum atomic E-state index is 13.1. The number of nitrogens with zero attached hydrogens (tertiary/aromatic N) is 4. The van der Waals surface area contributed by atoms with E-state index in [4.69, 9.17) is 0 Å². The number of nitrogens with one attached hydrogen (secondary N) is 1. The van der Waals surface area contributed by atoms with Crippen molar-refractivity contribution in [1.29, 1.82) is 0 Å². The van der Waals surface area contributed by atoms with Crippen LogP contribution in [0.15, 0.2) is 42.7 Å². The topological polar surface area (TPSA) is 95.5 Å². The second-order valence-electron chi connectivity index (χ2n) is 6.02. The average molecular weight is 393 g/mol. The second-order valence-corrected chi connectivity index (χ2v) is 8.11. The molecule has 8 nitrogen and oxygen atoms in total. The van der Waals surface area contributed by atoms with Gasteiger partial charge in [-0.2, -0.15) is 4.31 Å². The van der Waals surface area contributed by atoms with E-state index in [2.05, 4.69) is 15.3 Å². The van der Waals surface area contributed by atoms with Crippen molar-refractivity contribution in [3.63, 3.8) is 0 Å². The van der Waals surface area contributed by atoms with Gasteiger partial charge in [-0.15, -0.1) is 0 Å². The molecule has 2 heterocycles. The summed E-state index contributed by atoms with van der Waals surface area (Å²) >= 11 is 0. The Morgan fingerprint density at radius 1 is 1.11 bits per heavy atom. The normalized spacial score (nSPS) is 15.5. The monoisotopic (exact) mass is 393 g/mol. The lowest BCUT2D eigenvalue weighted by atomic mass is 10.2. The Balaban J connectivity index is 1.48. The first-order valence-corrected chi connectivity index (χ1v) is 10.1. The van der Waals surface area contributed by atoms with Gasteiger partial charge in [0.1, 0.15) is 5.82 Å². The van der Waals surface area contributed by atoms with Gasteiger partial charge in [0.2, 0.25) is 16.0 Å². The summed E-state index contributed by atoms with van der Waals surface area (Å²) in [6.07, 6.45) is 3.29. The zero-order valence-electron chi connectivity index (χ0n) is 14.6. The maximum Gasteiger partial charge on any atom is 0.251 e. The van der Waals surface area contributed by atoms with E-state index in [-0.39, 0.29) is 17.9 Å². The Kier molecular flexibility index (Phi) is 5.97. The summed E-state index contributed by atoms with van der Waals surface area (Å²) in [5, 5.41) is 2.51. The minimum absolute atomic E-state index is 0.0420. The van der Waals surface area contributed by atoms with Gasteiger partial charge in [-0.1, -0.05) is 6.07 Å². The Labute approximate surface area is 157 Å². The number of hydrogen-bond acceptors (Lipinski definition) is 6. The van der Waals surface area contributed by atoms with E-state index < -0.39 is 21.7 Å². The van der Waals surface area contributed by atoms with Gasteiger partial charge in [-0.05, 0) is 24.3 Å². The number of carbonyl (C=O) groups excluding carboxylic acids is 1. The van der Waals surface area contributed by atoms with Crippen LogP contribution in [0.4, 0.5) is 10.3 Å². The van der Waals surface area contributed by atoms with Crippen molar-refractivity contribution in [2.24, 2.45) is 0 Å². The maximum absolute atomic E-state index is 13.1. The molecule has 0 unspecified atom stereocenters. The van der Waals surface area contributed by atoms with Gasteiger partial charge < -0.3 is 10.2 Å². The number of sulfonamides is 1. The van der Waals surface area contributed by atoms with E-state index in [1.165, 1.54) is 22.5 Å². The molecule has 10 heteroatoms. The van der Waals surface area contributed by atoms with Crippen molar-refractivity contribution in [2.45, 2.75) is 0 Å². The average Bonchev–Trinajstić information content (AvgIpc) is 2.68. The highest BCUT2D eigenvalue weighted by molar-refractivity contribution is 7.89. The molecule has 1 aromatic carbocycles. The smallest absolute Gasteiger partial charge is 0.251 e. The van der Waals surface area contributed by atoms with Crippen LogP contribution >= 0.6 is 0 Å². The molecule has 144 valence electrons. The van der Waals surface area contributed by atoms with Gasteiger partial charge in [-0.25, -0.2) is 22.8 Å². The molecular formula is C17H20FN5O3S. The third-order valence-electron chi connectivity index (χ3n) is 4.20. The molecule has 1 fully saturated rings. The first-order valence-electron chi connectivity index (χ1n) is 8.49. The van der Waals surface area contributed by atoms with E-state index in [1.807, 2.05) is 4.90 Å². The predicted molar refractivity (Wildman–Crippen MR) is 98.3 cm³/mol. The molecular weight excluding hydrogens is 373 g/mol. The number of rotatable bonds is 6. The standard InChI is InChI=1S/C17H20FN5O3S/c18-15-4-1-3-14(13-15)16(24)19-7-12-27(25,26)23-10-8-22(9-11-23)17-20-5-2-6-21-17/h1-6,13H,7-12H2,(H,19,24). The lowest BCUT2D eigenvalue weighted by molar-refractivity contribution is 0.0955. The van der Waals surface area contributed by atoms with E-state index in [1.54, 1.807) is 18.5 Å². The van der Waals surface area contributed by atoms with Crippen molar-refractivity contribution in [2.75, 3.05) is 43.4 Å². The third-order valence-corrected chi connectivity index (χ3v) is 6.07. The van der Waals surface area contributed by atoms with Crippen LogP contribution in [0, 0.1) is 5.82 Å². The number of hydrogen-bond donors (Lipinski definition) is 1. The number of piperazine rings is 1. The second kappa shape index (κ2) is 8.40. The van der Waals surface area contributed by atoms with E-state index in [9.17, 15) is 17.6 Å². The van der Waals surface area contributed by atoms with Gasteiger partial charge >= 0.3 is 0 Å². The van der Waals surface area contributed by atoms with Crippen LogP contribution in [0.1, 0.15) is 10.4 Å². The van der Waals surface area contributed by atoms with Crippen molar-refractivity contribution >= 4 is 21.9 Å². The van der Waals surface area contributed by atoms with Crippen LogP contribution in [0.2, 0.25) is 0 Å². The lowest BCUT2D eigenvalue weighted by Crippen LogP contribution is -2.50. The molecule has 0 bridgehead atoms. The number of anilines is 1. The van der Waals surface area contributed by atoms with Crippen LogP contribution in [0.3, 0.4) is 0 Å². The van der Waals surface area contributed by atoms with Crippen LogP contribution < -0.4 is 10.2 Å². The molecule has 1 aliphatic rings. The largest absolute Gasteiger partial charge is 0.351 e. The van der Waals surface area contributed by atoms with Crippen LogP contribution in [-0.2, 0) is 10.0 Å².